The molecule has 0 radical (unpaired) electrons. The van der Waals surface area contributed by atoms with E-state index < -0.39 is 10.0 Å². The summed E-state index contributed by atoms with van der Waals surface area (Å²) >= 11 is 0. The third kappa shape index (κ3) is 3.96. The molecule has 1 aliphatic heterocycles. The molecular formula is C15H22N2O3S. The SMILES string of the molecule is O=S(=O)(NC1CC1)c1ccccc1NCC1CCOCC1. The Hall–Kier alpha value is -1.11. The number of ether oxygens (including phenoxy) is 1. The van der Waals surface area contributed by atoms with E-state index in [1.165, 1.54) is 0 Å². The van der Waals surface area contributed by atoms with Crippen molar-refractivity contribution in [1.82, 2.24) is 4.72 Å². The Bertz CT molecular complexity index is 578. The van der Waals surface area contributed by atoms with Crippen LogP contribution in [0.3, 0.4) is 0 Å². The lowest BCUT2D eigenvalue weighted by Gasteiger charge is -2.23. The van der Waals surface area contributed by atoms with Crippen LogP contribution < -0.4 is 10.0 Å². The highest BCUT2D eigenvalue weighted by Crippen LogP contribution is 2.26. The van der Waals surface area contributed by atoms with Crippen molar-refractivity contribution in [3.8, 4) is 0 Å². The molecule has 0 aromatic heterocycles. The van der Waals surface area contributed by atoms with Crippen LogP contribution in [-0.4, -0.2) is 34.2 Å². The van der Waals surface area contributed by atoms with Gasteiger partial charge in [0.25, 0.3) is 0 Å². The third-order valence-corrected chi connectivity index (χ3v) is 5.58. The van der Waals surface area contributed by atoms with Gasteiger partial charge in [-0.25, -0.2) is 13.1 Å². The number of benzene rings is 1. The fourth-order valence-corrected chi connectivity index (χ4v) is 4.02. The fourth-order valence-electron chi connectivity index (χ4n) is 2.54. The fraction of sp³-hybridized carbons (Fsp3) is 0.600. The predicted molar refractivity (Wildman–Crippen MR) is 81.8 cm³/mol. The highest BCUT2D eigenvalue weighted by atomic mass is 32.2. The zero-order valence-corrected chi connectivity index (χ0v) is 12.9. The molecule has 0 bridgehead atoms. The maximum absolute atomic E-state index is 12.4. The van der Waals surface area contributed by atoms with Gasteiger partial charge in [-0.2, -0.15) is 0 Å². The molecule has 1 heterocycles. The van der Waals surface area contributed by atoms with Gasteiger partial charge in [0.1, 0.15) is 4.90 Å². The number of para-hydroxylation sites is 1. The topological polar surface area (TPSA) is 67.4 Å². The molecule has 0 amide bonds. The summed E-state index contributed by atoms with van der Waals surface area (Å²) in [6.45, 7) is 2.39. The van der Waals surface area contributed by atoms with Crippen LogP contribution in [0, 0.1) is 5.92 Å². The number of hydrogen-bond acceptors (Lipinski definition) is 4. The normalized spacial score (nSPS) is 20.4. The number of hydrogen-bond donors (Lipinski definition) is 2. The number of rotatable bonds is 6. The lowest BCUT2D eigenvalue weighted by atomic mass is 10.0. The summed E-state index contributed by atoms with van der Waals surface area (Å²) in [6.07, 6.45) is 3.94. The van der Waals surface area contributed by atoms with Crippen LogP contribution >= 0.6 is 0 Å². The highest BCUT2D eigenvalue weighted by molar-refractivity contribution is 7.89. The maximum atomic E-state index is 12.4. The van der Waals surface area contributed by atoms with Crippen LogP contribution in [0.2, 0.25) is 0 Å². The summed E-state index contributed by atoms with van der Waals surface area (Å²) in [5, 5.41) is 3.31. The van der Waals surface area contributed by atoms with Crippen LogP contribution in [0.25, 0.3) is 0 Å². The van der Waals surface area contributed by atoms with Gasteiger partial charge in [0.05, 0.1) is 5.69 Å². The molecule has 0 atom stereocenters. The molecular weight excluding hydrogens is 288 g/mol. The van der Waals surface area contributed by atoms with E-state index in [2.05, 4.69) is 10.0 Å². The molecule has 0 unspecified atom stereocenters. The van der Waals surface area contributed by atoms with E-state index in [9.17, 15) is 8.42 Å². The van der Waals surface area contributed by atoms with Gasteiger partial charge in [-0.1, -0.05) is 12.1 Å². The first kappa shape index (κ1) is 14.8. The van der Waals surface area contributed by atoms with Crippen LogP contribution in [0.1, 0.15) is 25.7 Å². The Morgan fingerprint density at radius 2 is 1.81 bits per heavy atom. The average Bonchev–Trinajstić information content (AvgIpc) is 3.30. The summed E-state index contributed by atoms with van der Waals surface area (Å²) in [4.78, 5) is 0.351. The van der Waals surface area contributed by atoms with E-state index in [4.69, 9.17) is 4.74 Å². The molecule has 1 saturated carbocycles. The van der Waals surface area contributed by atoms with Crippen molar-refractivity contribution in [1.29, 1.82) is 0 Å². The first-order valence-electron chi connectivity index (χ1n) is 7.58. The van der Waals surface area contributed by atoms with E-state index in [1.54, 1.807) is 12.1 Å². The molecule has 116 valence electrons. The Morgan fingerprint density at radius 3 is 2.52 bits per heavy atom. The lowest BCUT2D eigenvalue weighted by Crippen LogP contribution is -2.27. The highest BCUT2D eigenvalue weighted by Gasteiger charge is 2.29. The largest absolute Gasteiger partial charge is 0.384 e. The second kappa shape index (κ2) is 6.34. The monoisotopic (exact) mass is 310 g/mol. The third-order valence-electron chi connectivity index (χ3n) is 4.00. The van der Waals surface area contributed by atoms with Crippen molar-refractivity contribution < 1.29 is 13.2 Å². The molecule has 6 heteroatoms. The number of sulfonamides is 1. The first-order valence-corrected chi connectivity index (χ1v) is 9.06. The second-order valence-corrected chi connectivity index (χ2v) is 7.51. The Labute approximate surface area is 126 Å². The summed E-state index contributed by atoms with van der Waals surface area (Å²) in [5.74, 6) is 0.547. The Balaban J connectivity index is 1.69. The zero-order valence-electron chi connectivity index (χ0n) is 12.0. The minimum atomic E-state index is -3.42. The Morgan fingerprint density at radius 1 is 1.10 bits per heavy atom. The van der Waals surface area contributed by atoms with Gasteiger partial charge in [0.15, 0.2) is 0 Å². The molecule has 5 nitrogen and oxygen atoms in total. The van der Waals surface area contributed by atoms with E-state index in [0.29, 0.717) is 16.5 Å². The van der Waals surface area contributed by atoms with E-state index in [0.717, 1.165) is 45.4 Å². The molecule has 1 aromatic rings. The van der Waals surface area contributed by atoms with Gasteiger partial charge in [-0.3, -0.25) is 0 Å². The van der Waals surface area contributed by atoms with Crippen molar-refractivity contribution in [3.05, 3.63) is 24.3 Å². The molecule has 3 rings (SSSR count). The van der Waals surface area contributed by atoms with Crippen molar-refractivity contribution in [3.63, 3.8) is 0 Å². The van der Waals surface area contributed by atoms with Crippen LogP contribution in [0.15, 0.2) is 29.2 Å². The molecule has 21 heavy (non-hydrogen) atoms. The smallest absolute Gasteiger partial charge is 0.242 e. The molecule has 1 aliphatic carbocycles. The minimum Gasteiger partial charge on any atom is -0.384 e. The lowest BCUT2D eigenvalue weighted by molar-refractivity contribution is 0.0699. The van der Waals surface area contributed by atoms with Crippen molar-refractivity contribution in [2.45, 2.75) is 36.6 Å². The second-order valence-electron chi connectivity index (χ2n) is 5.83. The number of anilines is 1. The average molecular weight is 310 g/mol. The quantitative estimate of drug-likeness (QED) is 0.843. The molecule has 1 saturated heterocycles. The van der Waals surface area contributed by atoms with Crippen LogP contribution in [-0.2, 0) is 14.8 Å². The minimum absolute atomic E-state index is 0.124. The van der Waals surface area contributed by atoms with E-state index in [1.807, 2.05) is 12.1 Å². The van der Waals surface area contributed by atoms with Gasteiger partial charge in [0.2, 0.25) is 10.0 Å². The Kier molecular flexibility index (Phi) is 4.47. The predicted octanol–water partition coefficient (Wildman–Crippen LogP) is 1.97. The number of nitrogens with one attached hydrogen (secondary N) is 2. The van der Waals surface area contributed by atoms with Gasteiger partial charge >= 0.3 is 0 Å². The molecule has 2 aliphatic rings. The first-order chi connectivity index (χ1) is 10.1. The molecule has 2 N–H and O–H groups in total. The molecule has 0 spiro atoms. The van der Waals surface area contributed by atoms with Gasteiger partial charge in [-0.15, -0.1) is 0 Å². The van der Waals surface area contributed by atoms with Gasteiger partial charge in [0, 0.05) is 25.8 Å². The van der Waals surface area contributed by atoms with E-state index in [-0.39, 0.29) is 6.04 Å². The van der Waals surface area contributed by atoms with Crippen LogP contribution in [0.5, 0.6) is 0 Å². The molecule has 2 fully saturated rings. The molecule has 1 aromatic carbocycles. The van der Waals surface area contributed by atoms with Crippen molar-refractivity contribution in [2.24, 2.45) is 5.92 Å². The van der Waals surface area contributed by atoms with Gasteiger partial charge in [-0.05, 0) is 43.7 Å². The standard InChI is InChI=1S/C15H22N2O3S/c18-21(19,17-13-5-6-13)15-4-2-1-3-14(15)16-11-12-7-9-20-10-8-12/h1-4,12-13,16-17H,5-11H2. The van der Waals surface area contributed by atoms with Crippen molar-refractivity contribution in [2.75, 3.05) is 25.1 Å². The van der Waals surface area contributed by atoms with Gasteiger partial charge < -0.3 is 10.1 Å². The van der Waals surface area contributed by atoms with Crippen molar-refractivity contribution >= 4 is 15.7 Å². The maximum Gasteiger partial charge on any atom is 0.242 e. The summed E-state index contributed by atoms with van der Waals surface area (Å²) in [7, 11) is -3.42. The zero-order chi connectivity index (χ0) is 14.7. The summed E-state index contributed by atoms with van der Waals surface area (Å²) < 4.78 is 32.9. The summed E-state index contributed by atoms with van der Waals surface area (Å²) in [5.41, 5.74) is 0.692. The summed E-state index contributed by atoms with van der Waals surface area (Å²) in [6, 6.07) is 7.25. The van der Waals surface area contributed by atoms with Crippen LogP contribution in [0.4, 0.5) is 5.69 Å². The van der Waals surface area contributed by atoms with E-state index >= 15 is 0 Å².